The van der Waals surface area contributed by atoms with Crippen molar-refractivity contribution in [1.82, 2.24) is 20.4 Å². The Balaban J connectivity index is 2.30. The Labute approximate surface area is 120 Å². The molecule has 0 aliphatic rings. The molecular weight excluding hydrogens is 258 g/mol. The maximum absolute atomic E-state index is 4.25. The number of nitrogens with zero attached hydrogens (tertiary/aromatic N) is 3. The Morgan fingerprint density at radius 1 is 1.47 bits per heavy atom. The summed E-state index contributed by atoms with van der Waals surface area (Å²) in [5.74, 6) is 0.839. The van der Waals surface area contributed by atoms with Gasteiger partial charge in [0.15, 0.2) is 5.96 Å². The molecule has 0 unspecified atom stereocenters. The van der Waals surface area contributed by atoms with Crippen LogP contribution in [-0.2, 0) is 6.54 Å². The van der Waals surface area contributed by atoms with E-state index in [2.05, 4.69) is 40.8 Å². The number of aromatic nitrogens is 2. The zero-order valence-corrected chi connectivity index (χ0v) is 13.3. The van der Waals surface area contributed by atoms with Crippen LogP contribution in [0.2, 0.25) is 0 Å². The molecule has 0 aliphatic carbocycles. The van der Waals surface area contributed by atoms with E-state index in [0.717, 1.165) is 25.6 Å². The summed E-state index contributed by atoms with van der Waals surface area (Å²) in [7, 11) is 1.79. The van der Waals surface area contributed by atoms with Gasteiger partial charge in [0, 0.05) is 31.1 Å². The fraction of sp³-hybridized carbons (Fsp3) is 0.692. The summed E-state index contributed by atoms with van der Waals surface area (Å²) in [4.78, 5) is 4.22. The van der Waals surface area contributed by atoms with Crippen molar-refractivity contribution < 1.29 is 0 Å². The molecule has 0 atom stereocenters. The summed E-state index contributed by atoms with van der Waals surface area (Å²) in [6, 6.07) is 0. The maximum atomic E-state index is 4.25. The van der Waals surface area contributed by atoms with Gasteiger partial charge in [-0.1, -0.05) is 0 Å². The fourth-order valence-electron chi connectivity index (χ4n) is 1.47. The SMILES string of the molecule is CN=C(NCCn1cc(C)cn1)NCC(C)(C)SC. The number of aliphatic imine (C=N–C) groups is 1. The second-order valence-corrected chi connectivity index (χ2v) is 6.61. The normalized spacial score (nSPS) is 12.6. The van der Waals surface area contributed by atoms with E-state index in [-0.39, 0.29) is 4.75 Å². The summed E-state index contributed by atoms with van der Waals surface area (Å²) < 4.78 is 2.14. The van der Waals surface area contributed by atoms with Crippen molar-refractivity contribution in [2.24, 2.45) is 4.99 Å². The fourth-order valence-corrected chi connectivity index (χ4v) is 1.68. The van der Waals surface area contributed by atoms with Gasteiger partial charge < -0.3 is 10.6 Å². The average Bonchev–Trinajstić information content (AvgIpc) is 2.79. The highest BCUT2D eigenvalue weighted by Crippen LogP contribution is 2.19. The lowest BCUT2D eigenvalue weighted by Crippen LogP contribution is -2.44. The molecule has 0 spiro atoms. The smallest absolute Gasteiger partial charge is 0.191 e. The third kappa shape index (κ3) is 6.00. The van der Waals surface area contributed by atoms with Crippen LogP contribution >= 0.6 is 11.8 Å². The highest BCUT2D eigenvalue weighted by Gasteiger charge is 2.15. The molecule has 1 rings (SSSR count). The third-order valence-electron chi connectivity index (χ3n) is 2.85. The summed E-state index contributed by atoms with van der Waals surface area (Å²) in [6.07, 6.45) is 6.03. The molecule has 6 heteroatoms. The number of guanidine groups is 1. The Bertz CT molecular complexity index is 411. The Morgan fingerprint density at radius 3 is 2.74 bits per heavy atom. The van der Waals surface area contributed by atoms with Gasteiger partial charge in [0.2, 0.25) is 0 Å². The molecule has 5 nitrogen and oxygen atoms in total. The third-order valence-corrected chi connectivity index (χ3v) is 4.10. The first-order chi connectivity index (χ1) is 8.96. The highest BCUT2D eigenvalue weighted by molar-refractivity contribution is 7.99. The first-order valence-corrected chi connectivity index (χ1v) is 7.68. The Hall–Kier alpha value is -1.17. The summed E-state index contributed by atoms with van der Waals surface area (Å²) in [5, 5.41) is 10.9. The molecule has 108 valence electrons. The van der Waals surface area contributed by atoms with Gasteiger partial charge in [-0.05, 0) is 32.6 Å². The number of hydrogen-bond donors (Lipinski definition) is 2. The van der Waals surface area contributed by atoms with E-state index in [1.54, 1.807) is 7.05 Å². The lowest BCUT2D eigenvalue weighted by atomic mass is 10.2. The van der Waals surface area contributed by atoms with Gasteiger partial charge >= 0.3 is 0 Å². The average molecular weight is 283 g/mol. The number of rotatable bonds is 6. The van der Waals surface area contributed by atoms with Crippen molar-refractivity contribution in [3.8, 4) is 0 Å². The minimum absolute atomic E-state index is 0.205. The van der Waals surface area contributed by atoms with Crippen LogP contribution in [-0.4, -0.2) is 46.9 Å². The first-order valence-electron chi connectivity index (χ1n) is 6.45. The van der Waals surface area contributed by atoms with E-state index in [9.17, 15) is 0 Å². The van der Waals surface area contributed by atoms with Gasteiger partial charge in [0.1, 0.15) is 0 Å². The predicted octanol–water partition coefficient (Wildman–Crippen LogP) is 1.50. The van der Waals surface area contributed by atoms with Gasteiger partial charge in [-0.3, -0.25) is 9.67 Å². The van der Waals surface area contributed by atoms with Gasteiger partial charge in [-0.15, -0.1) is 0 Å². The molecule has 0 aromatic carbocycles. The zero-order valence-electron chi connectivity index (χ0n) is 12.5. The monoisotopic (exact) mass is 283 g/mol. The van der Waals surface area contributed by atoms with Crippen LogP contribution in [0.15, 0.2) is 17.4 Å². The second kappa shape index (κ2) is 7.43. The molecule has 1 aromatic heterocycles. The number of hydrogen-bond acceptors (Lipinski definition) is 3. The lowest BCUT2D eigenvalue weighted by molar-refractivity contribution is 0.592. The molecule has 0 fully saturated rings. The molecular formula is C13H25N5S. The van der Waals surface area contributed by atoms with Crippen LogP contribution in [0.25, 0.3) is 0 Å². The molecule has 0 saturated heterocycles. The summed E-state index contributed by atoms with van der Waals surface area (Å²) >= 11 is 1.84. The largest absolute Gasteiger partial charge is 0.355 e. The van der Waals surface area contributed by atoms with Gasteiger partial charge in [0.25, 0.3) is 0 Å². The molecule has 0 bridgehead atoms. The van der Waals surface area contributed by atoms with Crippen molar-refractivity contribution in [1.29, 1.82) is 0 Å². The minimum Gasteiger partial charge on any atom is -0.355 e. The van der Waals surface area contributed by atoms with E-state index in [0.29, 0.717) is 0 Å². The topological polar surface area (TPSA) is 54.2 Å². The molecule has 1 heterocycles. The Kier molecular flexibility index (Phi) is 6.21. The molecule has 0 aliphatic heterocycles. The molecule has 0 radical (unpaired) electrons. The van der Waals surface area contributed by atoms with E-state index in [4.69, 9.17) is 0 Å². The second-order valence-electron chi connectivity index (χ2n) is 5.10. The van der Waals surface area contributed by atoms with E-state index < -0.39 is 0 Å². The van der Waals surface area contributed by atoms with Gasteiger partial charge in [-0.25, -0.2) is 0 Å². The van der Waals surface area contributed by atoms with Crippen molar-refractivity contribution in [3.63, 3.8) is 0 Å². The zero-order chi connectivity index (χ0) is 14.3. The quantitative estimate of drug-likeness (QED) is 0.614. The maximum Gasteiger partial charge on any atom is 0.191 e. The molecule has 1 aromatic rings. The highest BCUT2D eigenvalue weighted by atomic mass is 32.2. The van der Waals surface area contributed by atoms with Crippen molar-refractivity contribution in [2.45, 2.75) is 32.1 Å². The van der Waals surface area contributed by atoms with Crippen LogP contribution in [0.1, 0.15) is 19.4 Å². The summed E-state index contributed by atoms with van der Waals surface area (Å²) in [5.41, 5.74) is 1.18. The van der Waals surface area contributed by atoms with Crippen molar-refractivity contribution in [2.75, 3.05) is 26.4 Å². The lowest BCUT2D eigenvalue weighted by Gasteiger charge is -2.23. The first kappa shape index (κ1) is 15.9. The van der Waals surface area contributed by atoms with Crippen LogP contribution in [0, 0.1) is 6.92 Å². The number of nitrogens with one attached hydrogen (secondary N) is 2. The van der Waals surface area contributed by atoms with Gasteiger partial charge in [-0.2, -0.15) is 16.9 Å². The van der Waals surface area contributed by atoms with Crippen LogP contribution < -0.4 is 10.6 Å². The van der Waals surface area contributed by atoms with Crippen LogP contribution in [0.4, 0.5) is 0 Å². The van der Waals surface area contributed by atoms with E-state index in [1.165, 1.54) is 5.56 Å². The minimum atomic E-state index is 0.205. The number of aryl methyl sites for hydroxylation is 1. The van der Waals surface area contributed by atoms with E-state index >= 15 is 0 Å². The standard InChI is InChI=1S/C13H25N5S/c1-11-8-17-18(9-11)7-6-15-12(14-4)16-10-13(2,3)19-5/h8-9H,6-7,10H2,1-5H3,(H2,14,15,16). The predicted molar refractivity (Wildman–Crippen MR) is 83.9 cm³/mol. The van der Waals surface area contributed by atoms with Crippen molar-refractivity contribution in [3.05, 3.63) is 18.0 Å². The van der Waals surface area contributed by atoms with Gasteiger partial charge in [0.05, 0.1) is 12.7 Å². The van der Waals surface area contributed by atoms with Crippen LogP contribution in [0.3, 0.4) is 0 Å². The Morgan fingerprint density at radius 2 is 2.21 bits per heavy atom. The molecule has 19 heavy (non-hydrogen) atoms. The van der Waals surface area contributed by atoms with E-state index in [1.807, 2.05) is 35.8 Å². The molecule has 0 amide bonds. The molecule has 2 N–H and O–H groups in total. The number of thioether (sulfide) groups is 1. The molecule has 0 saturated carbocycles. The summed E-state index contributed by atoms with van der Waals surface area (Å²) in [6.45, 7) is 8.99. The van der Waals surface area contributed by atoms with Crippen LogP contribution in [0.5, 0.6) is 0 Å². The van der Waals surface area contributed by atoms with Crippen molar-refractivity contribution >= 4 is 17.7 Å².